The molecule has 0 bridgehead atoms. The van der Waals surface area contributed by atoms with Gasteiger partial charge in [0.15, 0.2) is 0 Å². The molecular weight excluding hydrogens is 352 g/mol. The SMILES string of the molecule is C=CCNC(=O)c1cccc(S(=O)(=O)Nc2ccc(OC(C)C)cc2)c1. The maximum Gasteiger partial charge on any atom is 0.261 e. The second-order valence-corrected chi connectivity index (χ2v) is 7.51. The fraction of sp³-hybridized carbons (Fsp3) is 0.211. The van der Waals surface area contributed by atoms with Crippen LogP contribution in [0.2, 0.25) is 0 Å². The molecule has 0 unspecified atom stereocenters. The molecule has 2 aromatic rings. The van der Waals surface area contributed by atoms with Gasteiger partial charge in [-0.15, -0.1) is 6.58 Å². The third-order valence-electron chi connectivity index (χ3n) is 3.29. The zero-order valence-electron chi connectivity index (χ0n) is 14.7. The van der Waals surface area contributed by atoms with E-state index in [0.29, 0.717) is 18.0 Å². The Morgan fingerprint density at radius 2 is 1.88 bits per heavy atom. The highest BCUT2D eigenvalue weighted by atomic mass is 32.2. The van der Waals surface area contributed by atoms with E-state index in [0.717, 1.165) is 0 Å². The minimum Gasteiger partial charge on any atom is -0.491 e. The third kappa shape index (κ3) is 5.35. The highest BCUT2D eigenvalue weighted by Crippen LogP contribution is 2.20. The Labute approximate surface area is 153 Å². The number of nitrogens with one attached hydrogen (secondary N) is 2. The van der Waals surface area contributed by atoms with Crippen LogP contribution >= 0.6 is 0 Å². The van der Waals surface area contributed by atoms with Crippen molar-refractivity contribution in [2.45, 2.75) is 24.8 Å². The summed E-state index contributed by atoms with van der Waals surface area (Å²) in [7, 11) is -3.82. The van der Waals surface area contributed by atoms with Crippen LogP contribution < -0.4 is 14.8 Å². The van der Waals surface area contributed by atoms with Crippen molar-refractivity contribution in [1.29, 1.82) is 0 Å². The number of hydrogen-bond acceptors (Lipinski definition) is 4. The number of ether oxygens (including phenoxy) is 1. The van der Waals surface area contributed by atoms with Gasteiger partial charge >= 0.3 is 0 Å². The van der Waals surface area contributed by atoms with Gasteiger partial charge in [-0.2, -0.15) is 0 Å². The molecule has 2 aromatic carbocycles. The quantitative estimate of drug-likeness (QED) is 0.695. The van der Waals surface area contributed by atoms with E-state index >= 15 is 0 Å². The van der Waals surface area contributed by atoms with Crippen molar-refractivity contribution in [2.75, 3.05) is 11.3 Å². The van der Waals surface area contributed by atoms with Gasteiger partial charge in [0.25, 0.3) is 15.9 Å². The number of carbonyl (C=O) groups is 1. The van der Waals surface area contributed by atoms with Gasteiger partial charge in [0, 0.05) is 17.8 Å². The van der Waals surface area contributed by atoms with Gasteiger partial charge in [-0.25, -0.2) is 8.42 Å². The van der Waals surface area contributed by atoms with Crippen LogP contribution in [0.1, 0.15) is 24.2 Å². The standard InChI is InChI=1S/C19H22N2O4S/c1-4-12-20-19(22)15-6-5-7-18(13-15)26(23,24)21-16-8-10-17(11-9-16)25-14(2)3/h4-11,13-14,21H,1,12H2,2-3H3,(H,20,22). The molecular formula is C19H22N2O4S. The molecule has 0 atom stereocenters. The molecule has 0 fully saturated rings. The topological polar surface area (TPSA) is 84.5 Å². The lowest BCUT2D eigenvalue weighted by Gasteiger charge is -2.12. The van der Waals surface area contributed by atoms with Crippen molar-refractivity contribution in [2.24, 2.45) is 0 Å². The molecule has 0 saturated carbocycles. The van der Waals surface area contributed by atoms with Crippen LogP contribution in [0, 0.1) is 0 Å². The molecule has 7 heteroatoms. The second kappa shape index (κ2) is 8.53. The van der Waals surface area contributed by atoms with E-state index < -0.39 is 10.0 Å². The summed E-state index contributed by atoms with van der Waals surface area (Å²) >= 11 is 0. The number of carbonyl (C=O) groups excluding carboxylic acids is 1. The summed E-state index contributed by atoms with van der Waals surface area (Å²) in [5.74, 6) is 0.293. The zero-order chi connectivity index (χ0) is 19.2. The normalized spacial score (nSPS) is 11.0. The van der Waals surface area contributed by atoms with Gasteiger partial charge in [0.05, 0.1) is 11.0 Å². The van der Waals surface area contributed by atoms with Crippen LogP contribution in [0.4, 0.5) is 5.69 Å². The molecule has 2 rings (SSSR count). The summed E-state index contributed by atoms with van der Waals surface area (Å²) in [6.07, 6.45) is 1.58. The van der Waals surface area contributed by atoms with Gasteiger partial charge in [0.1, 0.15) is 5.75 Å². The molecule has 0 aliphatic rings. The van der Waals surface area contributed by atoms with Crippen LogP contribution in [0.3, 0.4) is 0 Å². The zero-order valence-corrected chi connectivity index (χ0v) is 15.5. The Hall–Kier alpha value is -2.80. The van der Waals surface area contributed by atoms with E-state index in [1.165, 1.54) is 18.2 Å². The van der Waals surface area contributed by atoms with Crippen molar-refractivity contribution in [3.63, 3.8) is 0 Å². The van der Waals surface area contributed by atoms with Crippen LogP contribution in [0.25, 0.3) is 0 Å². The first kappa shape index (κ1) is 19.5. The van der Waals surface area contributed by atoms with Gasteiger partial charge in [0.2, 0.25) is 0 Å². The summed E-state index contributed by atoms with van der Waals surface area (Å²) in [5, 5.41) is 2.61. The largest absolute Gasteiger partial charge is 0.491 e. The summed E-state index contributed by atoms with van der Waals surface area (Å²) in [6, 6.07) is 12.5. The predicted molar refractivity (Wildman–Crippen MR) is 102 cm³/mol. The van der Waals surface area contributed by atoms with E-state index in [-0.39, 0.29) is 22.5 Å². The van der Waals surface area contributed by atoms with Crippen molar-refractivity contribution in [3.8, 4) is 5.75 Å². The number of sulfonamides is 1. The summed E-state index contributed by atoms with van der Waals surface area (Å²) in [4.78, 5) is 12.0. The van der Waals surface area contributed by atoms with Gasteiger partial charge in [-0.1, -0.05) is 12.1 Å². The minimum atomic E-state index is -3.82. The van der Waals surface area contributed by atoms with Gasteiger partial charge < -0.3 is 10.1 Å². The average molecular weight is 374 g/mol. The summed E-state index contributed by atoms with van der Waals surface area (Å²) < 4.78 is 33.1. The molecule has 0 radical (unpaired) electrons. The smallest absolute Gasteiger partial charge is 0.261 e. The van der Waals surface area contributed by atoms with E-state index in [1.54, 1.807) is 36.4 Å². The lowest BCUT2D eigenvalue weighted by molar-refractivity contribution is 0.0958. The minimum absolute atomic E-state index is 0.00580. The Bertz CT molecular complexity index is 875. The fourth-order valence-electron chi connectivity index (χ4n) is 2.16. The molecule has 0 aliphatic heterocycles. The first-order valence-electron chi connectivity index (χ1n) is 8.10. The van der Waals surface area contributed by atoms with Crippen molar-refractivity contribution in [3.05, 3.63) is 66.7 Å². The molecule has 0 heterocycles. The number of amides is 1. The number of benzene rings is 2. The molecule has 6 nitrogen and oxygen atoms in total. The Balaban J connectivity index is 2.17. The molecule has 0 aliphatic carbocycles. The Morgan fingerprint density at radius 1 is 1.19 bits per heavy atom. The maximum absolute atomic E-state index is 12.6. The fourth-order valence-corrected chi connectivity index (χ4v) is 3.26. The van der Waals surface area contributed by atoms with Gasteiger partial charge in [-0.05, 0) is 56.3 Å². The van der Waals surface area contributed by atoms with Crippen LogP contribution in [0.5, 0.6) is 5.75 Å². The first-order chi connectivity index (χ1) is 12.3. The van der Waals surface area contributed by atoms with E-state index in [9.17, 15) is 13.2 Å². The monoisotopic (exact) mass is 374 g/mol. The number of anilines is 1. The number of hydrogen-bond donors (Lipinski definition) is 2. The average Bonchev–Trinajstić information content (AvgIpc) is 2.61. The highest BCUT2D eigenvalue weighted by molar-refractivity contribution is 7.92. The van der Waals surface area contributed by atoms with E-state index in [1.807, 2.05) is 13.8 Å². The highest BCUT2D eigenvalue weighted by Gasteiger charge is 2.16. The predicted octanol–water partition coefficient (Wildman–Crippen LogP) is 3.19. The first-order valence-corrected chi connectivity index (χ1v) is 9.59. The van der Waals surface area contributed by atoms with Crippen LogP contribution in [-0.4, -0.2) is 27.0 Å². The van der Waals surface area contributed by atoms with Crippen molar-refractivity contribution >= 4 is 21.6 Å². The number of rotatable bonds is 8. The molecule has 26 heavy (non-hydrogen) atoms. The van der Waals surface area contributed by atoms with E-state index in [4.69, 9.17) is 4.74 Å². The summed E-state index contributed by atoms with van der Waals surface area (Å²) in [5.41, 5.74) is 0.665. The Kier molecular flexibility index (Phi) is 6.41. The molecule has 2 N–H and O–H groups in total. The maximum atomic E-state index is 12.6. The Morgan fingerprint density at radius 3 is 2.50 bits per heavy atom. The second-order valence-electron chi connectivity index (χ2n) is 5.82. The molecule has 0 saturated heterocycles. The third-order valence-corrected chi connectivity index (χ3v) is 4.67. The molecule has 0 spiro atoms. The molecule has 0 aromatic heterocycles. The van der Waals surface area contributed by atoms with Gasteiger partial charge in [-0.3, -0.25) is 9.52 Å². The lowest BCUT2D eigenvalue weighted by atomic mass is 10.2. The molecule has 138 valence electrons. The van der Waals surface area contributed by atoms with Crippen molar-refractivity contribution < 1.29 is 17.9 Å². The van der Waals surface area contributed by atoms with E-state index in [2.05, 4.69) is 16.6 Å². The molecule has 1 amide bonds. The van der Waals surface area contributed by atoms with Crippen molar-refractivity contribution in [1.82, 2.24) is 5.32 Å². The van der Waals surface area contributed by atoms with Crippen LogP contribution in [0.15, 0.2) is 66.1 Å². The van der Waals surface area contributed by atoms with Crippen LogP contribution in [-0.2, 0) is 10.0 Å². The lowest BCUT2D eigenvalue weighted by Crippen LogP contribution is -2.23. The summed E-state index contributed by atoms with van der Waals surface area (Å²) in [6.45, 7) is 7.65.